The minimum absolute atomic E-state index is 0.177. The highest BCUT2D eigenvalue weighted by atomic mass is 16.6. The van der Waals surface area contributed by atoms with Gasteiger partial charge in [0.2, 0.25) is 0 Å². The minimum atomic E-state index is -0.690. The standard InChI is InChI=1S/C24H42N2O5/c1-10-29-15-18(19(27)30-16-11-21(2,3)25-22(4,5)12-16)20(28)31-17-13-23(6,7)26-24(8,9)14-17/h15-17,25-26H,10-14H2,1-9H3. The third kappa shape index (κ3) is 7.79. The van der Waals surface area contributed by atoms with Crippen molar-refractivity contribution in [1.29, 1.82) is 0 Å². The predicted molar refractivity (Wildman–Crippen MR) is 121 cm³/mol. The molecule has 0 amide bonds. The summed E-state index contributed by atoms with van der Waals surface area (Å²) < 4.78 is 16.8. The Bertz CT molecular complexity index is 623. The highest BCUT2D eigenvalue weighted by Crippen LogP contribution is 2.32. The topological polar surface area (TPSA) is 85.9 Å². The van der Waals surface area contributed by atoms with Gasteiger partial charge in [-0.2, -0.15) is 0 Å². The van der Waals surface area contributed by atoms with Crippen LogP contribution in [0.4, 0.5) is 0 Å². The van der Waals surface area contributed by atoms with Crippen LogP contribution in [0.2, 0.25) is 0 Å². The van der Waals surface area contributed by atoms with Crippen molar-refractivity contribution in [3.05, 3.63) is 11.8 Å². The molecule has 178 valence electrons. The van der Waals surface area contributed by atoms with E-state index in [9.17, 15) is 9.59 Å². The Kier molecular flexibility index (Phi) is 7.53. The van der Waals surface area contributed by atoms with Gasteiger partial charge in [0.1, 0.15) is 18.5 Å². The van der Waals surface area contributed by atoms with E-state index in [1.54, 1.807) is 6.92 Å². The zero-order valence-electron chi connectivity index (χ0n) is 20.8. The second-order valence-electron chi connectivity index (χ2n) is 11.6. The molecule has 2 aliphatic heterocycles. The predicted octanol–water partition coefficient (Wildman–Crippen LogP) is 3.61. The lowest BCUT2D eigenvalue weighted by Crippen LogP contribution is -2.60. The van der Waals surface area contributed by atoms with Crippen LogP contribution in [-0.4, -0.2) is 52.9 Å². The van der Waals surface area contributed by atoms with Crippen molar-refractivity contribution in [3.8, 4) is 0 Å². The second-order valence-corrected chi connectivity index (χ2v) is 11.6. The van der Waals surface area contributed by atoms with Crippen LogP contribution in [0.25, 0.3) is 0 Å². The molecule has 2 rings (SSSR count). The van der Waals surface area contributed by atoms with Crippen molar-refractivity contribution in [2.75, 3.05) is 6.61 Å². The lowest BCUT2D eigenvalue weighted by Gasteiger charge is -2.46. The van der Waals surface area contributed by atoms with Crippen LogP contribution in [0, 0.1) is 0 Å². The number of esters is 2. The summed E-state index contributed by atoms with van der Waals surface area (Å²) in [6, 6.07) is 0. The Hall–Kier alpha value is -1.60. The quantitative estimate of drug-likeness (QED) is 0.215. The molecule has 0 aromatic heterocycles. The zero-order valence-corrected chi connectivity index (χ0v) is 20.8. The number of carbonyl (C=O) groups is 2. The molecule has 31 heavy (non-hydrogen) atoms. The van der Waals surface area contributed by atoms with Crippen molar-refractivity contribution < 1.29 is 23.8 Å². The van der Waals surface area contributed by atoms with E-state index in [0.29, 0.717) is 32.3 Å². The first-order chi connectivity index (χ1) is 14.0. The van der Waals surface area contributed by atoms with Gasteiger partial charge in [0.15, 0.2) is 5.57 Å². The third-order valence-corrected chi connectivity index (χ3v) is 5.66. The Balaban J connectivity index is 2.12. The van der Waals surface area contributed by atoms with Crippen LogP contribution >= 0.6 is 0 Å². The first-order valence-electron chi connectivity index (χ1n) is 11.4. The summed E-state index contributed by atoms with van der Waals surface area (Å²) in [5.41, 5.74) is -0.899. The Morgan fingerprint density at radius 3 is 1.35 bits per heavy atom. The van der Waals surface area contributed by atoms with Crippen LogP contribution in [-0.2, 0) is 23.8 Å². The summed E-state index contributed by atoms with van der Waals surface area (Å²) in [5, 5.41) is 7.13. The summed E-state index contributed by atoms with van der Waals surface area (Å²) in [6.07, 6.45) is 3.23. The summed E-state index contributed by atoms with van der Waals surface area (Å²) in [4.78, 5) is 25.9. The number of hydrogen-bond acceptors (Lipinski definition) is 7. The molecule has 0 bridgehead atoms. The van der Waals surface area contributed by atoms with E-state index in [1.165, 1.54) is 6.26 Å². The van der Waals surface area contributed by atoms with Gasteiger partial charge in [0.25, 0.3) is 0 Å². The maximum atomic E-state index is 13.0. The molecule has 7 nitrogen and oxygen atoms in total. The monoisotopic (exact) mass is 438 g/mol. The van der Waals surface area contributed by atoms with Gasteiger partial charge in [-0.3, -0.25) is 0 Å². The molecule has 0 aliphatic carbocycles. The smallest absolute Gasteiger partial charge is 0.349 e. The number of ether oxygens (including phenoxy) is 3. The zero-order chi connectivity index (χ0) is 23.7. The molecular formula is C24H42N2O5. The first-order valence-corrected chi connectivity index (χ1v) is 11.4. The van der Waals surface area contributed by atoms with Crippen molar-refractivity contribution >= 4 is 11.9 Å². The van der Waals surface area contributed by atoms with E-state index in [1.807, 2.05) is 0 Å². The summed E-state index contributed by atoms with van der Waals surface area (Å²) >= 11 is 0. The van der Waals surface area contributed by atoms with E-state index in [0.717, 1.165) is 0 Å². The third-order valence-electron chi connectivity index (χ3n) is 5.66. The number of rotatable bonds is 6. The molecule has 0 saturated carbocycles. The van der Waals surface area contributed by atoms with E-state index < -0.39 is 11.9 Å². The van der Waals surface area contributed by atoms with Crippen LogP contribution in [0.15, 0.2) is 11.8 Å². The lowest BCUT2D eigenvalue weighted by molar-refractivity contribution is -0.157. The molecule has 0 radical (unpaired) electrons. The molecule has 2 heterocycles. The van der Waals surface area contributed by atoms with Gasteiger partial charge in [-0.25, -0.2) is 9.59 Å². The minimum Gasteiger partial charge on any atom is -0.500 e. The maximum Gasteiger partial charge on any atom is 0.349 e. The van der Waals surface area contributed by atoms with Gasteiger partial charge in [-0.15, -0.1) is 0 Å². The fourth-order valence-corrected chi connectivity index (χ4v) is 5.40. The fourth-order valence-electron chi connectivity index (χ4n) is 5.40. The second kappa shape index (κ2) is 9.10. The first kappa shape index (κ1) is 25.7. The fraction of sp³-hybridized carbons (Fsp3) is 0.833. The molecule has 2 aliphatic rings. The van der Waals surface area contributed by atoms with E-state index in [2.05, 4.69) is 66.0 Å². The Labute approximate surface area is 187 Å². The van der Waals surface area contributed by atoms with Gasteiger partial charge >= 0.3 is 11.9 Å². The summed E-state index contributed by atoms with van der Waals surface area (Å²) in [5.74, 6) is -1.38. The molecule has 0 unspecified atom stereocenters. The van der Waals surface area contributed by atoms with Crippen LogP contribution < -0.4 is 10.6 Å². The van der Waals surface area contributed by atoms with Gasteiger partial charge in [0, 0.05) is 47.8 Å². The molecule has 0 atom stereocenters. The van der Waals surface area contributed by atoms with Crippen molar-refractivity contribution in [2.45, 2.75) is 122 Å². The average molecular weight is 439 g/mol. The largest absolute Gasteiger partial charge is 0.500 e. The summed E-state index contributed by atoms with van der Waals surface area (Å²) in [7, 11) is 0. The van der Waals surface area contributed by atoms with Gasteiger partial charge in [-0.1, -0.05) is 0 Å². The number of nitrogens with one attached hydrogen (secondary N) is 2. The molecule has 2 saturated heterocycles. The van der Waals surface area contributed by atoms with E-state index in [-0.39, 0.29) is 39.9 Å². The van der Waals surface area contributed by atoms with Crippen LogP contribution in [0.3, 0.4) is 0 Å². The van der Waals surface area contributed by atoms with E-state index in [4.69, 9.17) is 14.2 Å². The molecule has 7 heteroatoms. The molecular weight excluding hydrogens is 396 g/mol. The van der Waals surface area contributed by atoms with Crippen molar-refractivity contribution in [2.24, 2.45) is 0 Å². The normalized spacial score (nSPS) is 24.7. The van der Waals surface area contributed by atoms with Crippen LogP contribution in [0.1, 0.15) is 88.0 Å². The Morgan fingerprint density at radius 2 is 1.06 bits per heavy atom. The van der Waals surface area contributed by atoms with E-state index >= 15 is 0 Å². The highest BCUT2D eigenvalue weighted by Gasteiger charge is 2.42. The van der Waals surface area contributed by atoms with Crippen molar-refractivity contribution in [3.63, 3.8) is 0 Å². The number of hydrogen-bond donors (Lipinski definition) is 2. The SMILES string of the molecule is CCOC=C(C(=O)OC1CC(C)(C)NC(C)(C)C1)C(=O)OC1CC(C)(C)NC(C)(C)C1. The van der Waals surface area contributed by atoms with Crippen molar-refractivity contribution in [1.82, 2.24) is 10.6 Å². The van der Waals surface area contributed by atoms with Gasteiger partial charge in [-0.05, 0) is 62.3 Å². The van der Waals surface area contributed by atoms with Crippen LogP contribution in [0.5, 0.6) is 0 Å². The lowest BCUT2D eigenvalue weighted by atomic mass is 9.81. The maximum absolute atomic E-state index is 13.0. The highest BCUT2D eigenvalue weighted by molar-refractivity contribution is 6.13. The molecule has 0 aromatic carbocycles. The average Bonchev–Trinajstić information content (AvgIpc) is 2.48. The van der Waals surface area contributed by atoms with Gasteiger partial charge < -0.3 is 24.8 Å². The number of carbonyl (C=O) groups excluding carboxylic acids is 2. The molecule has 0 aromatic rings. The molecule has 2 N–H and O–H groups in total. The molecule has 0 spiro atoms. The Morgan fingerprint density at radius 1 is 0.742 bits per heavy atom. The number of piperidine rings is 2. The summed E-state index contributed by atoms with van der Waals surface area (Å²) in [6.45, 7) is 18.8. The molecule has 2 fully saturated rings. The van der Waals surface area contributed by atoms with Gasteiger partial charge in [0.05, 0.1) is 6.61 Å².